The number of hydrogen-bond acceptors (Lipinski definition) is 7. The molecule has 188 valence electrons. The lowest BCUT2D eigenvalue weighted by Crippen LogP contribution is -2.41. The molecule has 0 saturated carbocycles. The third-order valence-electron chi connectivity index (χ3n) is 6.91. The summed E-state index contributed by atoms with van der Waals surface area (Å²) >= 11 is 0. The van der Waals surface area contributed by atoms with Crippen LogP contribution < -0.4 is 10.5 Å². The van der Waals surface area contributed by atoms with Crippen molar-refractivity contribution in [3.63, 3.8) is 0 Å². The van der Waals surface area contributed by atoms with Crippen LogP contribution in [0.4, 0.5) is 5.82 Å². The van der Waals surface area contributed by atoms with Gasteiger partial charge in [0, 0.05) is 31.6 Å². The first-order valence-electron chi connectivity index (χ1n) is 12.2. The van der Waals surface area contributed by atoms with Gasteiger partial charge in [0.05, 0.1) is 37.0 Å². The summed E-state index contributed by atoms with van der Waals surface area (Å²) in [4.78, 5) is 20.3. The lowest BCUT2D eigenvalue weighted by atomic mass is 10.2. The molecule has 1 aliphatic heterocycles. The van der Waals surface area contributed by atoms with E-state index in [1.807, 2.05) is 35.4 Å². The van der Waals surface area contributed by atoms with E-state index in [1.54, 1.807) is 21.6 Å². The minimum atomic E-state index is -1.79. The summed E-state index contributed by atoms with van der Waals surface area (Å²) in [6.07, 6.45) is 6.88. The smallest absolute Gasteiger partial charge is 0.298 e. The highest BCUT2D eigenvalue weighted by Gasteiger charge is 2.36. The third kappa shape index (κ3) is 5.88. The molecule has 1 aromatic carbocycles. The molecule has 1 aliphatic rings. The van der Waals surface area contributed by atoms with Crippen molar-refractivity contribution in [2.45, 2.75) is 51.7 Å². The van der Waals surface area contributed by atoms with Gasteiger partial charge in [0.25, 0.3) is 5.56 Å². The molecule has 0 amide bonds. The van der Waals surface area contributed by atoms with E-state index in [0.717, 1.165) is 29.9 Å². The van der Waals surface area contributed by atoms with Crippen LogP contribution in [0.2, 0.25) is 18.1 Å². The first-order valence-corrected chi connectivity index (χ1v) is 15.1. The predicted molar refractivity (Wildman–Crippen MR) is 139 cm³/mol. The van der Waals surface area contributed by atoms with Crippen LogP contribution in [0.5, 0.6) is 0 Å². The van der Waals surface area contributed by atoms with Gasteiger partial charge in [-0.25, -0.2) is 9.67 Å². The first kappa shape index (κ1) is 25.3. The van der Waals surface area contributed by atoms with Gasteiger partial charge in [-0.05, 0) is 55.2 Å². The van der Waals surface area contributed by atoms with Gasteiger partial charge in [-0.3, -0.25) is 9.36 Å². The quantitative estimate of drug-likeness (QED) is 0.348. The van der Waals surface area contributed by atoms with Crippen LogP contribution in [0.15, 0.2) is 47.7 Å². The minimum Gasteiger partial charge on any atom is -0.417 e. The first-order chi connectivity index (χ1) is 16.7. The minimum absolute atomic E-state index is 0.123. The predicted octanol–water partition coefficient (Wildman–Crippen LogP) is 3.60. The van der Waals surface area contributed by atoms with Crippen molar-refractivity contribution < 1.29 is 9.16 Å². The zero-order valence-corrected chi connectivity index (χ0v) is 22.4. The van der Waals surface area contributed by atoms with Crippen LogP contribution >= 0.6 is 0 Å². The third-order valence-corrected chi connectivity index (χ3v) is 11.4. The molecule has 1 saturated heterocycles. The van der Waals surface area contributed by atoms with Gasteiger partial charge in [0.2, 0.25) is 0 Å². The van der Waals surface area contributed by atoms with Crippen molar-refractivity contribution in [3.05, 3.63) is 58.9 Å². The summed E-state index contributed by atoms with van der Waals surface area (Å²) in [6.45, 7) is 14.5. The Balaban J connectivity index is 1.58. The monoisotopic (exact) mass is 496 g/mol. The standard InChI is InChI=1S/C25H36N6O3Si/c1-25(2,3)35(4,5)34-16-6-7-20-19-30(24(32)23(27-20)29-14-17-33-18-15-29)21-8-10-22(11-9-21)31-13-12-26-28-31/h8-13,19H,6-7,14-18H2,1-5H3. The molecule has 0 atom stereocenters. The van der Waals surface area contributed by atoms with Gasteiger partial charge in [0.1, 0.15) is 0 Å². The number of aryl methyl sites for hydroxylation is 1. The van der Waals surface area contributed by atoms with Crippen LogP contribution in [-0.2, 0) is 15.6 Å². The number of rotatable bonds is 8. The molecule has 0 aliphatic carbocycles. The molecule has 0 radical (unpaired) electrons. The van der Waals surface area contributed by atoms with Crippen molar-refractivity contribution in [2.24, 2.45) is 0 Å². The van der Waals surface area contributed by atoms with Crippen molar-refractivity contribution in [2.75, 3.05) is 37.8 Å². The van der Waals surface area contributed by atoms with Gasteiger partial charge in [0.15, 0.2) is 14.1 Å². The van der Waals surface area contributed by atoms with Crippen molar-refractivity contribution in [3.8, 4) is 11.4 Å². The molecular formula is C25H36N6O3Si. The molecule has 0 bridgehead atoms. The van der Waals surface area contributed by atoms with E-state index in [1.165, 1.54) is 0 Å². The Kier molecular flexibility index (Phi) is 7.53. The number of morpholine rings is 1. The van der Waals surface area contributed by atoms with E-state index in [2.05, 4.69) is 44.2 Å². The fraction of sp³-hybridized carbons (Fsp3) is 0.520. The largest absolute Gasteiger partial charge is 0.417 e. The molecule has 0 unspecified atom stereocenters. The van der Waals surface area contributed by atoms with Crippen LogP contribution in [0.3, 0.4) is 0 Å². The van der Waals surface area contributed by atoms with E-state index in [4.69, 9.17) is 14.1 Å². The summed E-state index contributed by atoms with van der Waals surface area (Å²) < 4.78 is 15.2. The second-order valence-corrected chi connectivity index (χ2v) is 15.2. The Morgan fingerprint density at radius 3 is 2.40 bits per heavy atom. The van der Waals surface area contributed by atoms with E-state index < -0.39 is 8.32 Å². The highest BCUT2D eigenvalue weighted by atomic mass is 28.4. The van der Waals surface area contributed by atoms with Gasteiger partial charge >= 0.3 is 0 Å². The highest BCUT2D eigenvalue weighted by Crippen LogP contribution is 2.36. The van der Waals surface area contributed by atoms with E-state index in [-0.39, 0.29) is 10.6 Å². The summed E-state index contributed by atoms with van der Waals surface area (Å²) in [6, 6.07) is 7.70. The Labute approximate surface area is 207 Å². The Morgan fingerprint density at radius 1 is 1.09 bits per heavy atom. The zero-order valence-electron chi connectivity index (χ0n) is 21.4. The average molecular weight is 497 g/mol. The zero-order chi connectivity index (χ0) is 25.1. The Morgan fingerprint density at radius 2 is 1.77 bits per heavy atom. The maximum Gasteiger partial charge on any atom is 0.298 e. The van der Waals surface area contributed by atoms with Gasteiger partial charge < -0.3 is 14.1 Å². The number of anilines is 1. The van der Waals surface area contributed by atoms with Crippen LogP contribution in [0, 0.1) is 0 Å². The van der Waals surface area contributed by atoms with Gasteiger partial charge in [-0.15, -0.1) is 5.10 Å². The molecule has 2 aromatic heterocycles. The van der Waals surface area contributed by atoms with Crippen molar-refractivity contribution in [1.82, 2.24) is 24.5 Å². The number of benzene rings is 1. The molecule has 3 heterocycles. The van der Waals surface area contributed by atoms with Gasteiger partial charge in [-0.1, -0.05) is 26.0 Å². The highest BCUT2D eigenvalue weighted by molar-refractivity contribution is 6.74. The Bertz CT molecular complexity index is 1160. The van der Waals surface area contributed by atoms with Crippen LogP contribution in [0.25, 0.3) is 11.4 Å². The molecule has 35 heavy (non-hydrogen) atoms. The number of hydrogen-bond donors (Lipinski definition) is 0. The SMILES string of the molecule is CC(C)(C)[Si](C)(C)OCCCc1cn(-c2ccc(-n3ccnn3)cc2)c(=O)c(N2CCOCC2)n1. The van der Waals surface area contributed by atoms with Crippen molar-refractivity contribution >= 4 is 14.1 Å². The molecule has 10 heteroatoms. The average Bonchev–Trinajstić information content (AvgIpc) is 3.38. The van der Waals surface area contributed by atoms with E-state index >= 15 is 0 Å². The lowest BCUT2D eigenvalue weighted by Gasteiger charge is -2.36. The molecule has 0 spiro atoms. The normalized spacial score (nSPS) is 14.9. The number of nitrogens with zero attached hydrogens (tertiary/aromatic N) is 6. The maximum absolute atomic E-state index is 13.5. The molecule has 0 N–H and O–H groups in total. The molecule has 9 nitrogen and oxygen atoms in total. The maximum atomic E-state index is 13.5. The summed E-state index contributed by atoms with van der Waals surface area (Å²) in [5.74, 6) is 0.483. The number of aromatic nitrogens is 5. The van der Waals surface area contributed by atoms with Crippen LogP contribution in [0.1, 0.15) is 32.9 Å². The molecule has 4 rings (SSSR count). The number of ether oxygens (including phenoxy) is 1. The molecular weight excluding hydrogens is 460 g/mol. The summed E-state index contributed by atoms with van der Waals surface area (Å²) in [5.41, 5.74) is 2.42. The fourth-order valence-electron chi connectivity index (χ4n) is 3.73. The summed E-state index contributed by atoms with van der Waals surface area (Å²) in [5, 5.41) is 8.07. The molecule has 3 aromatic rings. The van der Waals surface area contributed by atoms with Crippen molar-refractivity contribution in [1.29, 1.82) is 0 Å². The second-order valence-electron chi connectivity index (χ2n) is 10.4. The van der Waals surface area contributed by atoms with Gasteiger partial charge in [-0.2, -0.15) is 0 Å². The topological polar surface area (TPSA) is 87.3 Å². The summed E-state index contributed by atoms with van der Waals surface area (Å²) in [7, 11) is -1.79. The molecule has 1 fully saturated rings. The second kappa shape index (κ2) is 10.4. The van der Waals surface area contributed by atoms with E-state index in [9.17, 15) is 4.79 Å². The van der Waals surface area contributed by atoms with Crippen LogP contribution in [-0.4, -0.2) is 65.8 Å². The lowest BCUT2D eigenvalue weighted by molar-refractivity contribution is 0.122. The van der Waals surface area contributed by atoms with E-state index in [0.29, 0.717) is 38.7 Å². The fourth-order valence-corrected chi connectivity index (χ4v) is 4.82. The Hall–Kier alpha value is -2.82.